The third kappa shape index (κ3) is 5.84. The Morgan fingerprint density at radius 3 is 2.89 bits per heavy atom. The standard InChI is InChI=1S/C22H27N3O2S/c1-17-21(16-24-19-14-18-6-2-3-7-20(18)25-15-19)23-9-8-22(17)27-11-4-5-12-28-13-10-26/h2-3,6-9,14-15,24,26H,4-5,10-13,16H2,1H3. The Kier molecular flexibility index (Phi) is 7.94. The maximum Gasteiger partial charge on any atom is 0.125 e. The van der Waals surface area contributed by atoms with E-state index >= 15 is 0 Å². The zero-order valence-electron chi connectivity index (χ0n) is 16.2. The minimum atomic E-state index is 0.253. The van der Waals surface area contributed by atoms with E-state index in [0.717, 1.165) is 57.9 Å². The predicted octanol–water partition coefficient (Wildman–Crippen LogP) is 4.43. The zero-order chi connectivity index (χ0) is 19.6. The molecule has 0 aliphatic heterocycles. The van der Waals surface area contributed by atoms with Crippen LogP contribution >= 0.6 is 11.8 Å². The van der Waals surface area contributed by atoms with Crippen LogP contribution in [0.1, 0.15) is 24.1 Å². The van der Waals surface area contributed by atoms with Crippen molar-refractivity contribution >= 4 is 28.4 Å². The van der Waals surface area contributed by atoms with E-state index in [1.54, 1.807) is 18.0 Å². The number of unbranched alkanes of at least 4 members (excludes halogenated alkanes) is 1. The molecule has 2 N–H and O–H groups in total. The highest BCUT2D eigenvalue weighted by Gasteiger charge is 2.07. The first-order valence-corrected chi connectivity index (χ1v) is 10.8. The summed E-state index contributed by atoms with van der Waals surface area (Å²) in [6, 6.07) is 12.1. The number of pyridine rings is 2. The van der Waals surface area contributed by atoms with Crippen LogP contribution in [0.25, 0.3) is 10.9 Å². The molecule has 0 spiro atoms. The average Bonchev–Trinajstić information content (AvgIpc) is 2.73. The lowest BCUT2D eigenvalue weighted by Gasteiger charge is -2.13. The normalized spacial score (nSPS) is 10.9. The number of nitrogens with one attached hydrogen (secondary N) is 1. The molecule has 148 valence electrons. The Morgan fingerprint density at radius 2 is 2.00 bits per heavy atom. The first-order chi connectivity index (χ1) is 13.8. The van der Waals surface area contributed by atoms with Crippen molar-refractivity contribution in [3.63, 3.8) is 0 Å². The number of ether oxygens (including phenoxy) is 1. The zero-order valence-corrected chi connectivity index (χ0v) is 17.0. The molecule has 2 heterocycles. The third-order valence-corrected chi connectivity index (χ3v) is 5.53. The van der Waals surface area contributed by atoms with Crippen molar-refractivity contribution < 1.29 is 9.84 Å². The van der Waals surface area contributed by atoms with Gasteiger partial charge in [0.05, 0.1) is 42.9 Å². The van der Waals surface area contributed by atoms with Crippen LogP contribution in [0.2, 0.25) is 0 Å². The fraction of sp³-hybridized carbons (Fsp3) is 0.364. The molecule has 5 nitrogen and oxygen atoms in total. The molecule has 0 amide bonds. The molecular formula is C22H27N3O2S. The summed E-state index contributed by atoms with van der Waals surface area (Å²) in [5, 5.41) is 13.3. The lowest BCUT2D eigenvalue weighted by Crippen LogP contribution is -2.07. The highest BCUT2D eigenvalue weighted by Crippen LogP contribution is 2.22. The number of aliphatic hydroxyl groups is 1. The fourth-order valence-electron chi connectivity index (χ4n) is 2.90. The number of anilines is 1. The predicted molar refractivity (Wildman–Crippen MR) is 117 cm³/mol. The molecule has 2 aromatic heterocycles. The SMILES string of the molecule is Cc1c(OCCCCSCCO)ccnc1CNc1cnc2ccccc2c1. The van der Waals surface area contributed by atoms with Gasteiger partial charge in [-0.3, -0.25) is 9.97 Å². The molecule has 0 saturated heterocycles. The van der Waals surface area contributed by atoms with Crippen molar-refractivity contribution in [1.82, 2.24) is 9.97 Å². The van der Waals surface area contributed by atoms with Gasteiger partial charge in [0.15, 0.2) is 0 Å². The molecule has 1 aromatic carbocycles. The molecule has 0 bridgehead atoms. The second-order valence-electron chi connectivity index (χ2n) is 6.54. The first-order valence-electron chi connectivity index (χ1n) is 9.62. The van der Waals surface area contributed by atoms with Crippen molar-refractivity contribution in [2.75, 3.05) is 30.0 Å². The number of nitrogens with zero attached hydrogens (tertiary/aromatic N) is 2. The molecule has 0 fully saturated rings. The lowest BCUT2D eigenvalue weighted by molar-refractivity contribution is 0.307. The largest absolute Gasteiger partial charge is 0.493 e. The van der Waals surface area contributed by atoms with Crippen LogP contribution in [0.4, 0.5) is 5.69 Å². The Labute approximate surface area is 170 Å². The van der Waals surface area contributed by atoms with Crippen molar-refractivity contribution in [3.8, 4) is 5.75 Å². The summed E-state index contributed by atoms with van der Waals surface area (Å²) in [5.74, 6) is 2.77. The third-order valence-electron chi connectivity index (χ3n) is 4.49. The summed E-state index contributed by atoms with van der Waals surface area (Å²) in [7, 11) is 0. The van der Waals surface area contributed by atoms with Crippen molar-refractivity contribution in [2.45, 2.75) is 26.3 Å². The number of aliphatic hydroxyl groups excluding tert-OH is 1. The Balaban J connectivity index is 1.52. The van der Waals surface area contributed by atoms with Crippen LogP contribution < -0.4 is 10.1 Å². The molecule has 0 unspecified atom stereocenters. The highest BCUT2D eigenvalue weighted by atomic mass is 32.2. The van der Waals surface area contributed by atoms with Gasteiger partial charge in [0.1, 0.15) is 5.75 Å². The number of benzene rings is 1. The van der Waals surface area contributed by atoms with Gasteiger partial charge in [0.2, 0.25) is 0 Å². The van der Waals surface area contributed by atoms with Crippen molar-refractivity contribution in [2.24, 2.45) is 0 Å². The molecule has 6 heteroatoms. The van der Waals surface area contributed by atoms with Crippen molar-refractivity contribution in [1.29, 1.82) is 0 Å². The number of thioether (sulfide) groups is 1. The van der Waals surface area contributed by atoms with E-state index in [1.807, 2.05) is 30.5 Å². The maximum absolute atomic E-state index is 8.78. The summed E-state index contributed by atoms with van der Waals surface area (Å²) < 4.78 is 5.95. The van der Waals surface area contributed by atoms with Crippen LogP contribution in [0.15, 0.2) is 48.8 Å². The van der Waals surface area contributed by atoms with Gasteiger partial charge >= 0.3 is 0 Å². The molecule has 0 aliphatic rings. The monoisotopic (exact) mass is 397 g/mol. The molecule has 28 heavy (non-hydrogen) atoms. The smallest absolute Gasteiger partial charge is 0.125 e. The van der Waals surface area contributed by atoms with Gasteiger partial charge in [-0.1, -0.05) is 18.2 Å². The molecule has 0 radical (unpaired) electrons. The van der Waals surface area contributed by atoms with E-state index < -0.39 is 0 Å². The van der Waals surface area contributed by atoms with E-state index in [4.69, 9.17) is 9.84 Å². The van der Waals surface area contributed by atoms with E-state index in [0.29, 0.717) is 13.2 Å². The van der Waals surface area contributed by atoms with Crippen LogP contribution in [0.5, 0.6) is 5.75 Å². The molecular weight excluding hydrogens is 370 g/mol. The number of fused-ring (bicyclic) bond motifs is 1. The Bertz CT molecular complexity index is 889. The lowest BCUT2D eigenvalue weighted by atomic mass is 10.2. The van der Waals surface area contributed by atoms with Crippen LogP contribution in [-0.4, -0.2) is 39.8 Å². The first kappa shape index (κ1) is 20.4. The summed E-state index contributed by atoms with van der Waals surface area (Å²) in [5.41, 5.74) is 4.02. The van der Waals surface area contributed by atoms with Gasteiger partial charge < -0.3 is 15.2 Å². The summed E-state index contributed by atoms with van der Waals surface area (Å²) in [6.07, 6.45) is 5.76. The number of rotatable bonds is 11. The molecule has 0 aliphatic carbocycles. The topological polar surface area (TPSA) is 67.3 Å². The van der Waals surface area contributed by atoms with Crippen LogP contribution in [-0.2, 0) is 6.54 Å². The van der Waals surface area contributed by atoms with E-state index in [9.17, 15) is 0 Å². The van der Waals surface area contributed by atoms with Gasteiger partial charge in [0.25, 0.3) is 0 Å². The van der Waals surface area contributed by atoms with Gasteiger partial charge in [-0.05, 0) is 43.7 Å². The van der Waals surface area contributed by atoms with Crippen LogP contribution in [0.3, 0.4) is 0 Å². The maximum atomic E-state index is 8.78. The van der Waals surface area contributed by atoms with Gasteiger partial charge in [-0.25, -0.2) is 0 Å². The summed E-state index contributed by atoms with van der Waals surface area (Å²) in [6.45, 7) is 3.63. The fourth-order valence-corrected chi connectivity index (χ4v) is 3.64. The van der Waals surface area contributed by atoms with Gasteiger partial charge in [-0.2, -0.15) is 11.8 Å². The molecule has 0 saturated carbocycles. The van der Waals surface area contributed by atoms with E-state index in [1.165, 1.54) is 0 Å². The Hall–Kier alpha value is -2.31. The minimum Gasteiger partial charge on any atom is -0.493 e. The molecule has 0 atom stereocenters. The second-order valence-corrected chi connectivity index (χ2v) is 7.77. The van der Waals surface area contributed by atoms with Crippen molar-refractivity contribution in [3.05, 3.63) is 60.0 Å². The number of hydrogen-bond donors (Lipinski definition) is 2. The number of hydrogen-bond acceptors (Lipinski definition) is 6. The van der Waals surface area contributed by atoms with E-state index in [2.05, 4.69) is 34.3 Å². The van der Waals surface area contributed by atoms with E-state index in [-0.39, 0.29) is 6.61 Å². The minimum absolute atomic E-state index is 0.253. The Morgan fingerprint density at radius 1 is 1.11 bits per heavy atom. The van der Waals surface area contributed by atoms with Gasteiger partial charge in [-0.15, -0.1) is 0 Å². The summed E-state index contributed by atoms with van der Waals surface area (Å²) >= 11 is 1.78. The van der Waals surface area contributed by atoms with Gasteiger partial charge in [0, 0.05) is 22.9 Å². The molecule has 3 aromatic rings. The van der Waals surface area contributed by atoms with Crippen LogP contribution in [0, 0.1) is 6.92 Å². The number of aromatic nitrogens is 2. The second kappa shape index (κ2) is 10.9. The quantitative estimate of drug-likeness (QED) is 0.467. The number of para-hydroxylation sites is 1. The average molecular weight is 398 g/mol. The molecule has 3 rings (SSSR count). The highest BCUT2D eigenvalue weighted by molar-refractivity contribution is 7.99. The summed E-state index contributed by atoms with van der Waals surface area (Å²) in [4.78, 5) is 8.99.